The van der Waals surface area contributed by atoms with E-state index in [9.17, 15) is 47.6 Å². The molecule has 1 unspecified atom stereocenters. The number of halogens is 6. The predicted molar refractivity (Wildman–Crippen MR) is 259 cm³/mol. The predicted octanol–water partition coefficient (Wildman–Crippen LogP) is 10.3. The fourth-order valence-corrected chi connectivity index (χ4v) is 8.22. The van der Waals surface area contributed by atoms with Crippen molar-refractivity contribution in [2.24, 2.45) is 0 Å². The Morgan fingerprint density at radius 2 is 1.00 bits per heavy atom. The Hall–Kier alpha value is -6.40. The Labute approximate surface area is 418 Å². The first kappa shape index (κ1) is 53.9. The molecular weight excluding hydrogens is 971 g/mol. The van der Waals surface area contributed by atoms with Gasteiger partial charge in [0.2, 0.25) is 0 Å². The van der Waals surface area contributed by atoms with E-state index in [4.69, 9.17) is 42.1 Å². The summed E-state index contributed by atoms with van der Waals surface area (Å²) < 4.78 is 80.8. The lowest BCUT2D eigenvalue weighted by Gasteiger charge is -2.33. The Morgan fingerprint density at radius 1 is 0.592 bits per heavy atom. The molecular formula is C53H52Cl2F4N2O10. The number of nitrogens with zero attached hydrogens (tertiary/aromatic N) is 2. The van der Waals surface area contributed by atoms with Crippen LogP contribution in [0.15, 0.2) is 97.1 Å². The van der Waals surface area contributed by atoms with Crippen molar-refractivity contribution in [1.82, 2.24) is 9.80 Å². The first-order valence-corrected chi connectivity index (χ1v) is 22.8. The van der Waals surface area contributed by atoms with Crippen LogP contribution in [0.3, 0.4) is 0 Å². The lowest BCUT2D eigenvalue weighted by atomic mass is 9.92. The molecule has 6 aromatic carbocycles. The molecule has 6 aromatic rings. The minimum atomic E-state index is -1.66. The van der Waals surface area contributed by atoms with Crippen molar-refractivity contribution < 1.29 is 66.5 Å². The SMILES string of the molecule is Cc1c(COc2cc(OCc3cc(F)cc(F)c3)c(CN(C)[C@@H](CO)C(=O)O)cc2Cl)cccc1-c1cccc(COc2cc(OCc3cc(F)cc(F)c3)c(CN(C)C(C)(CO)C(=O)O)cc2Cl)c1C. The molecule has 0 spiro atoms. The van der Waals surface area contributed by atoms with Gasteiger partial charge < -0.3 is 39.4 Å². The average Bonchev–Trinajstić information content (AvgIpc) is 3.30. The van der Waals surface area contributed by atoms with E-state index in [0.29, 0.717) is 11.1 Å². The van der Waals surface area contributed by atoms with E-state index in [1.165, 1.54) is 43.0 Å². The highest BCUT2D eigenvalue weighted by atomic mass is 35.5. The second-order valence-corrected chi connectivity index (χ2v) is 18.0. The van der Waals surface area contributed by atoms with Gasteiger partial charge in [0.25, 0.3) is 0 Å². The molecule has 0 aliphatic rings. The summed E-state index contributed by atoms with van der Waals surface area (Å²) in [6.07, 6.45) is 0. The third-order valence-corrected chi connectivity index (χ3v) is 12.8. The smallest absolute Gasteiger partial charge is 0.326 e. The molecule has 0 radical (unpaired) electrons. The van der Waals surface area contributed by atoms with Gasteiger partial charge in [-0.3, -0.25) is 19.4 Å². The van der Waals surface area contributed by atoms with Crippen LogP contribution in [-0.2, 0) is 49.1 Å². The molecule has 6 rings (SSSR count). The van der Waals surface area contributed by atoms with E-state index in [1.54, 1.807) is 12.1 Å². The molecule has 0 aliphatic carbocycles. The van der Waals surface area contributed by atoms with Crippen LogP contribution in [0.5, 0.6) is 23.0 Å². The third-order valence-electron chi connectivity index (χ3n) is 12.2. The molecule has 0 bridgehead atoms. The van der Waals surface area contributed by atoms with E-state index < -0.39 is 60.0 Å². The van der Waals surface area contributed by atoms with Gasteiger partial charge in [-0.05, 0) is 116 Å². The maximum Gasteiger partial charge on any atom is 0.326 e. The molecule has 0 aromatic heterocycles. The lowest BCUT2D eigenvalue weighted by Crippen LogP contribution is -2.52. The summed E-state index contributed by atoms with van der Waals surface area (Å²) in [7, 11) is 3.02. The molecule has 0 amide bonds. The monoisotopic (exact) mass is 1020 g/mol. The number of aliphatic hydroxyl groups is 2. The number of hydrogen-bond acceptors (Lipinski definition) is 10. The molecule has 4 N–H and O–H groups in total. The fourth-order valence-electron chi connectivity index (χ4n) is 7.74. The van der Waals surface area contributed by atoms with Gasteiger partial charge in [0, 0.05) is 48.5 Å². The summed E-state index contributed by atoms with van der Waals surface area (Å²) in [5.74, 6) is -4.80. The number of likely N-dealkylation sites (N-methyl/N-ethyl adjacent to an activating group) is 2. The molecule has 71 heavy (non-hydrogen) atoms. The number of benzene rings is 6. The van der Waals surface area contributed by atoms with E-state index in [0.717, 1.165) is 69.8 Å². The Kier molecular flexibility index (Phi) is 18.0. The number of rotatable bonds is 23. The second-order valence-electron chi connectivity index (χ2n) is 17.2. The average molecular weight is 1020 g/mol. The molecule has 0 heterocycles. The van der Waals surface area contributed by atoms with Gasteiger partial charge in [0.1, 0.15) is 84.3 Å². The molecule has 2 atom stereocenters. The largest absolute Gasteiger partial charge is 0.488 e. The molecule has 12 nitrogen and oxygen atoms in total. The first-order chi connectivity index (χ1) is 33.7. The summed E-state index contributed by atoms with van der Waals surface area (Å²) in [6, 6.07) is 22.4. The van der Waals surface area contributed by atoms with Crippen molar-refractivity contribution in [1.29, 1.82) is 0 Å². The van der Waals surface area contributed by atoms with Crippen molar-refractivity contribution in [3.63, 3.8) is 0 Å². The van der Waals surface area contributed by atoms with Crippen molar-refractivity contribution in [3.8, 4) is 34.1 Å². The van der Waals surface area contributed by atoms with Crippen molar-refractivity contribution in [2.45, 2.75) is 71.9 Å². The number of hydrogen-bond donors (Lipinski definition) is 4. The summed E-state index contributed by atoms with van der Waals surface area (Å²) in [6.45, 7) is 3.46. The topological polar surface area (TPSA) is 158 Å². The summed E-state index contributed by atoms with van der Waals surface area (Å²) >= 11 is 13.5. The zero-order chi connectivity index (χ0) is 51.7. The molecule has 0 aliphatic heterocycles. The van der Waals surface area contributed by atoms with Crippen LogP contribution < -0.4 is 18.9 Å². The quantitative estimate of drug-likeness (QED) is 0.0451. The summed E-state index contributed by atoms with van der Waals surface area (Å²) in [5.41, 5.74) is 4.78. The van der Waals surface area contributed by atoms with Gasteiger partial charge >= 0.3 is 11.9 Å². The fraction of sp³-hybridized carbons (Fsp3) is 0.283. The van der Waals surface area contributed by atoms with Gasteiger partial charge in [-0.25, -0.2) is 17.6 Å². The molecule has 0 saturated carbocycles. The molecule has 0 saturated heterocycles. The number of carboxylic acid groups (broad SMARTS) is 2. The standard InChI is InChI=1S/C53H52Cl2F4N2O10/c1-30-34(27-70-49-20-47(68-25-32-12-38(56)18-39(57)13-32)36(16-44(49)54)22-60(4)46(24-62)51(64)65)8-6-10-42(30)43-11-7-9-35(31(43)2)28-71-50-21-48(69-26-33-14-40(58)19-41(59)15-33)37(17-45(50)55)23-61(5)53(3,29-63)52(66)67/h6-21,46,62-63H,22-29H2,1-5H3,(H,64,65)(H,66,67)/t46-,53?/m0/s1. The van der Waals surface area contributed by atoms with Crippen LogP contribution >= 0.6 is 23.2 Å². The van der Waals surface area contributed by atoms with Crippen LogP contribution in [0, 0.1) is 37.1 Å². The second kappa shape index (κ2) is 23.7. The Bertz CT molecular complexity index is 2870. The Balaban J connectivity index is 1.23. The first-order valence-electron chi connectivity index (χ1n) is 22.0. The van der Waals surface area contributed by atoms with E-state index in [-0.39, 0.29) is 83.7 Å². The highest BCUT2D eigenvalue weighted by molar-refractivity contribution is 6.32. The number of aliphatic hydroxyl groups excluding tert-OH is 2. The highest BCUT2D eigenvalue weighted by Gasteiger charge is 2.37. The molecule has 0 fully saturated rings. The maximum atomic E-state index is 14.1. The number of aliphatic carboxylic acids is 2. The summed E-state index contributed by atoms with van der Waals surface area (Å²) in [4.78, 5) is 26.7. The lowest BCUT2D eigenvalue weighted by molar-refractivity contribution is -0.152. The molecule has 18 heteroatoms. The zero-order valence-electron chi connectivity index (χ0n) is 39.4. The van der Waals surface area contributed by atoms with Crippen LogP contribution in [0.2, 0.25) is 10.0 Å². The summed E-state index contributed by atoms with van der Waals surface area (Å²) in [5, 5.41) is 39.5. The van der Waals surface area contributed by atoms with Gasteiger partial charge in [-0.1, -0.05) is 59.6 Å². The number of carbonyl (C=O) groups is 2. The van der Waals surface area contributed by atoms with Gasteiger partial charge in [0.05, 0.1) is 23.3 Å². The van der Waals surface area contributed by atoms with Crippen molar-refractivity contribution in [2.75, 3.05) is 27.3 Å². The zero-order valence-corrected chi connectivity index (χ0v) is 40.9. The van der Waals surface area contributed by atoms with E-state index in [1.807, 2.05) is 50.2 Å². The number of carboxylic acids is 2. The minimum absolute atomic E-state index is 0.0231. The van der Waals surface area contributed by atoms with E-state index >= 15 is 0 Å². The Morgan fingerprint density at radius 3 is 1.38 bits per heavy atom. The maximum absolute atomic E-state index is 14.1. The van der Waals surface area contributed by atoms with Crippen LogP contribution in [0.4, 0.5) is 17.6 Å². The van der Waals surface area contributed by atoms with Crippen LogP contribution in [0.1, 0.15) is 51.4 Å². The van der Waals surface area contributed by atoms with Gasteiger partial charge in [0.15, 0.2) is 0 Å². The van der Waals surface area contributed by atoms with Crippen molar-refractivity contribution >= 4 is 35.1 Å². The third kappa shape index (κ3) is 13.3. The highest BCUT2D eigenvalue weighted by Crippen LogP contribution is 2.38. The van der Waals surface area contributed by atoms with Gasteiger partial charge in [-0.2, -0.15) is 0 Å². The molecule has 376 valence electrons. The van der Waals surface area contributed by atoms with Crippen molar-refractivity contribution in [3.05, 3.63) is 175 Å². The minimum Gasteiger partial charge on any atom is -0.488 e. The van der Waals surface area contributed by atoms with Crippen LogP contribution in [0.25, 0.3) is 11.1 Å². The van der Waals surface area contributed by atoms with Gasteiger partial charge in [-0.15, -0.1) is 0 Å². The van der Waals surface area contributed by atoms with Crippen LogP contribution in [-0.4, -0.2) is 81.1 Å². The number of ether oxygens (including phenoxy) is 4. The normalized spacial score (nSPS) is 12.7. The van der Waals surface area contributed by atoms with E-state index in [2.05, 4.69) is 0 Å².